The third-order valence-corrected chi connectivity index (χ3v) is 7.05. The van der Waals surface area contributed by atoms with Crippen LogP contribution in [0.15, 0.2) is 41.1 Å². The highest BCUT2D eigenvalue weighted by Gasteiger charge is 2.61. The standard InChI is InChI=1S/C20H20ClN5O/c21-18-22-12-26(25-18)20-9-13-6-14(10-20)8-19(7-13,11-20)17-24-23-16(27-17)15-4-2-1-3-5-15/h1-5,12-14H,6-11H2. The summed E-state index contributed by atoms with van der Waals surface area (Å²) in [6.45, 7) is 0. The van der Waals surface area contributed by atoms with Gasteiger partial charge in [-0.2, -0.15) is 0 Å². The van der Waals surface area contributed by atoms with Gasteiger partial charge < -0.3 is 4.42 Å². The van der Waals surface area contributed by atoms with E-state index in [0.717, 1.165) is 43.6 Å². The minimum absolute atomic E-state index is 0.0222. The van der Waals surface area contributed by atoms with Gasteiger partial charge in [0.25, 0.3) is 0 Å². The van der Waals surface area contributed by atoms with Gasteiger partial charge in [-0.1, -0.05) is 18.2 Å². The maximum atomic E-state index is 6.25. The summed E-state index contributed by atoms with van der Waals surface area (Å²) < 4.78 is 8.27. The predicted molar refractivity (Wildman–Crippen MR) is 99.1 cm³/mol. The molecule has 7 rings (SSSR count). The van der Waals surface area contributed by atoms with E-state index in [2.05, 4.69) is 20.3 Å². The number of hydrogen-bond donors (Lipinski definition) is 0. The van der Waals surface area contributed by atoms with E-state index in [0.29, 0.717) is 23.0 Å². The first kappa shape index (κ1) is 15.8. The molecule has 0 amide bonds. The molecule has 1 aromatic carbocycles. The number of rotatable bonds is 3. The maximum absolute atomic E-state index is 6.25. The second-order valence-electron chi connectivity index (χ2n) is 8.70. The number of nitrogens with zero attached hydrogens (tertiary/aromatic N) is 5. The van der Waals surface area contributed by atoms with E-state index in [1.165, 1.54) is 6.42 Å². The zero-order valence-corrected chi connectivity index (χ0v) is 15.6. The van der Waals surface area contributed by atoms with Crippen LogP contribution in [0.1, 0.15) is 44.4 Å². The minimum atomic E-state index is -0.0530. The van der Waals surface area contributed by atoms with Crippen molar-refractivity contribution in [3.63, 3.8) is 0 Å². The van der Waals surface area contributed by atoms with Crippen LogP contribution in [0.25, 0.3) is 11.5 Å². The summed E-state index contributed by atoms with van der Waals surface area (Å²) in [6, 6.07) is 10.00. The number of halogens is 1. The molecule has 0 radical (unpaired) electrons. The Morgan fingerprint density at radius 2 is 1.81 bits per heavy atom. The molecule has 138 valence electrons. The van der Waals surface area contributed by atoms with E-state index in [-0.39, 0.29) is 11.0 Å². The molecule has 0 aliphatic heterocycles. The largest absolute Gasteiger partial charge is 0.420 e. The smallest absolute Gasteiger partial charge is 0.247 e. The van der Waals surface area contributed by atoms with Crippen molar-refractivity contribution < 1.29 is 4.42 Å². The van der Waals surface area contributed by atoms with E-state index in [1.807, 2.05) is 35.0 Å². The summed E-state index contributed by atoms with van der Waals surface area (Å²) in [5.41, 5.74) is 0.896. The van der Waals surface area contributed by atoms with Crippen molar-refractivity contribution in [2.45, 2.75) is 49.5 Å². The molecule has 0 spiro atoms. The Morgan fingerprint density at radius 1 is 1.04 bits per heavy atom. The summed E-state index contributed by atoms with van der Waals surface area (Å²) in [7, 11) is 0. The van der Waals surface area contributed by atoms with Crippen LogP contribution in [0.2, 0.25) is 5.28 Å². The zero-order valence-electron chi connectivity index (χ0n) is 14.9. The van der Waals surface area contributed by atoms with E-state index < -0.39 is 0 Å². The third-order valence-electron chi connectivity index (χ3n) is 6.88. The Bertz CT molecular complexity index is 983. The molecule has 2 unspecified atom stereocenters. The Hall–Kier alpha value is -2.21. The molecular formula is C20H20ClN5O. The normalized spacial score (nSPS) is 34.3. The fourth-order valence-corrected chi connectivity index (χ4v) is 6.46. The van der Waals surface area contributed by atoms with Gasteiger partial charge >= 0.3 is 0 Å². The van der Waals surface area contributed by atoms with Gasteiger partial charge in [0, 0.05) is 5.56 Å². The van der Waals surface area contributed by atoms with Gasteiger partial charge in [-0.3, -0.25) is 0 Å². The predicted octanol–water partition coefficient (Wildman–Crippen LogP) is 4.23. The van der Waals surface area contributed by atoms with E-state index in [1.54, 1.807) is 6.33 Å². The maximum Gasteiger partial charge on any atom is 0.247 e. The highest BCUT2D eigenvalue weighted by Crippen LogP contribution is 2.64. The fourth-order valence-electron chi connectivity index (χ4n) is 6.34. The van der Waals surface area contributed by atoms with Crippen molar-refractivity contribution in [1.29, 1.82) is 0 Å². The average molecular weight is 382 g/mol. The van der Waals surface area contributed by atoms with Crippen molar-refractivity contribution in [3.8, 4) is 11.5 Å². The number of benzene rings is 1. The van der Waals surface area contributed by atoms with Crippen molar-refractivity contribution in [1.82, 2.24) is 25.0 Å². The first-order chi connectivity index (χ1) is 13.1. The second kappa shape index (κ2) is 5.41. The topological polar surface area (TPSA) is 69.6 Å². The van der Waals surface area contributed by atoms with E-state index in [4.69, 9.17) is 16.0 Å². The first-order valence-electron chi connectivity index (χ1n) is 9.61. The summed E-state index contributed by atoms with van der Waals surface area (Å²) in [5.74, 6) is 2.74. The van der Waals surface area contributed by atoms with Crippen LogP contribution in [0.3, 0.4) is 0 Å². The Kier molecular flexibility index (Phi) is 3.17. The van der Waals surface area contributed by atoms with Gasteiger partial charge in [-0.05, 0) is 74.1 Å². The van der Waals surface area contributed by atoms with Gasteiger partial charge in [-0.25, -0.2) is 9.67 Å². The molecule has 27 heavy (non-hydrogen) atoms. The van der Waals surface area contributed by atoms with Crippen LogP contribution in [0, 0.1) is 11.8 Å². The van der Waals surface area contributed by atoms with Crippen LogP contribution >= 0.6 is 11.6 Å². The molecule has 6 nitrogen and oxygen atoms in total. The fraction of sp³-hybridized carbons (Fsp3) is 0.500. The van der Waals surface area contributed by atoms with Crippen LogP contribution in [-0.4, -0.2) is 25.0 Å². The van der Waals surface area contributed by atoms with Gasteiger partial charge in [-0.15, -0.1) is 15.3 Å². The molecule has 2 atom stereocenters. The SMILES string of the molecule is Clc1ncn(C23CC4CC(CC(c5nnc(-c6ccccc6)o5)(C4)C2)C3)n1. The van der Waals surface area contributed by atoms with Crippen molar-refractivity contribution in [2.24, 2.45) is 11.8 Å². The molecule has 4 saturated carbocycles. The zero-order chi connectivity index (χ0) is 18.1. The summed E-state index contributed by atoms with van der Waals surface area (Å²) in [5, 5.41) is 13.7. The van der Waals surface area contributed by atoms with Gasteiger partial charge in [0.2, 0.25) is 17.1 Å². The van der Waals surface area contributed by atoms with Crippen molar-refractivity contribution >= 4 is 11.6 Å². The molecular weight excluding hydrogens is 362 g/mol. The first-order valence-corrected chi connectivity index (χ1v) is 9.99. The van der Waals surface area contributed by atoms with Gasteiger partial charge in [0.1, 0.15) is 6.33 Å². The monoisotopic (exact) mass is 381 g/mol. The summed E-state index contributed by atoms with van der Waals surface area (Å²) >= 11 is 6.04. The second-order valence-corrected chi connectivity index (χ2v) is 9.04. The van der Waals surface area contributed by atoms with E-state index >= 15 is 0 Å². The molecule has 2 aromatic heterocycles. The van der Waals surface area contributed by atoms with Crippen molar-refractivity contribution in [2.75, 3.05) is 0 Å². The molecule has 7 heteroatoms. The van der Waals surface area contributed by atoms with Crippen LogP contribution in [0.5, 0.6) is 0 Å². The van der Waals surface area contributed by atoms with Gasteiger partial charge in [0.15, 0.2) is 0 Å². The minimum Gasteiger partial charge on any atom is -0.420 e. The Balaban J connectivity index is 1.41. The lowest BCUT2D eigenvalue weighted by Gasteiger charge is -2.60. The van der Waals surface area contributed by atoms with E-state index in [9.17, 15) is 0 Å². The Labute approximate surface area is 162 Å². The molecule has 4 aliphatic rings. The van der Waals surface area contributed by atoms with Crippen LogP contribution in [0.4, 0.5) is 0 Å². The van der Waals surface area contributed by atoms with Crippen LogP contribution < -0.4 is 0 Å². The molecule has 3 aromatic rings. The lowest BCUT2D eigenvalue weighted by atomic mass is 9.47. The molecule has 4 fully saturated rings. The molecule has 4 aliphatic carbocycles. The van der Waals surface area contributed by atoms with Gasteiger partial charge in [0.05, 0.1) is 11.0 Å². The highest BCUT2D eigenvalue weighted by molar-refractivity contribution is 6.28. The highest BCUT2D eigenvalue weighted by atomic mass is 35.5. The molecule has 4 bridgehead atoms. The third kappa shape index (κ3) is 2.32. The van der Waals surface area contributed by atoms with Crippen molar-refractivity contribution in [3.05, 3.63) is 47.8 Å². The quantitative estimate of drug-likeness (QED) is 0.679. The van der Waals surface area contributed by atoms with Crippen LogP contribution in [-0.2, 0) is 11.0 Å². The molecule has 2 heterocycles. The molecule has 0 N–H and O–H groups in total. The lowest BCUT2D eigenvalue weighted by molar-refractivity contribution is -0.0772. The Morgan fingerprint density at radius 3 is 2.52 bits per heavy atom. The lowest BCUT2D eigenvalue weighted by Crippen LogP contribution is -2.58. The number of aromatic nitrogens is 5. The average Bonchev–Trinajstić information content (AvgIpc) is 3.31. The molecule has 0 saturated heterocycles. The summed E-state index contributed by atoms with van der Waals surface area (Å²) in [4.78, 5) is 4.18. The number of hydrogen-bond acceptors (Lipinski definition) is 5. The summed E-state index contributed by atoms with van der Waals surface area (Å²) in [6.07, 6.45) is 8.62.